The minimum absolute atomic E-state index is 0.0859. The molecule has 0 aliphatic rings. The summed E-state index contributed by atoms with van der Waals surface area (Å²) < 4.78 is 53.7. The smallest absolute Gasteiger partial charge is 0.253 e. The fraction of sp³-hybridized carbons (Fsp3) is 0. The molecule has 3 rings (SSSR count). The summed E-state index contributed by atoms with van der Waals surface area (Å²) in [4.78, 5) is -0.186. The third kappa shape index (κ3) is 3.45. The lowest BCUT2D eigenvalue weighted by Crippen LogP contribution is -2.15. The first-order chi connectivity index (χ1) is 11.3. The zero-order valence-electron chi connectivity index (χ0n) is 11.3. The molecule has 3 aromatic rings. The molecular weight excluding hydrogens is 468 g/mol. The maximum atomic E-state index is 13.8. The fourth-order valence-corrected chi connectivity index (χ4v) is 5.35. The number of thiophene rings is 1. The fourth-order valence-electron chi connectivity index (χ4n) is 1.68. The van der Waals surface area contributed by atoms with Crippen molar-refractivity contribution in [3.8, 4) is 9.88 Å². The summed E-state index contributed by atoms with van der Waals surface area (Å²) >= 11 is 11.0. The summed E-state index contributed by atoms with van der Waals surface area (Å²) in [5.74, 6) is -2.00. The quantitative estimate of drug-likeness (QED) is 0.556. The van der Waals surface area contributed by atoms with Crippen LogP contribution < -0.4 is 4.72 Å². The van der Waals surface area contributed by atoms with E-state index in [1.807, 2.05) is 0 Å². The minimum atomic E-state index is -4.36. The van der Waals surface area contributed by atoms with Crippen LogP contribution >= 0.6 is 50.2 Å². The van der Waals surface area contributed by atoms with Crippen molar-refractivity contribution in [1.82, 2.24) is 10.2 Å². The molecule has 24 heavy (non-hydrogen) atoms. The van der Waals surface area contributed by atoms with Gasteiger partial charge in [0.2, 0.25) is 5.13 Å². The van der Waals surface area contributed by atoms with Crippen molar-refractivity contribution in [2.45, 2.75) is 4.90 Å². The number of anilines is 1. The molecule has 2 heterocycles. The van der Waals surface area contributed by atoms with E-state index in [0.29, 0.717) is 21.0 Å². The summed E-state index contributed by atoms with van der Waals surface area (Å²) in [5, 5.41) is 10.1. The molecule has 0 aliphatic carbocycles. The Morgan fingerprint density at radius 2 is 1.96 bits per heavy atom. The molecule has 0 atom stereocenters. The van der Waals surface area contributed by atoms with E-state index in [1.165, 1.54) is 11.3 Å². The number of rotatable bonds is 4. The van der Waals surface area contributed by atoms with Crippen molar-refractivity contribution >= 4 is 65.4 Å². The monoisotopic (exact) mass is 471 g/mol. The van der Waals surface area contributed by atoms with Gasteiger partial charge in [-0.15, -0.1) is 21.5 Å². The molecule has 0 radical (unpaired) electrons. The lowest BCUT2D eigenvalue weighted by atomic mass is 10.3. The van der Waals surface area contributed by atoms with E-state index in [2.05, 4.69) is 30.8 Å². The number of nitrogens with one attached hydrogen (secondary N) is 1. The van der Waals surface area contributed by atoms with Gasteiger partial charge in [0.25, 0.3) is 10.0 Å². The first-order valence-electron chi connectivity index (χ1n) is 6.02. The molecule has 1 N–H and O–H groups in total. The van der Waals surface area contributed by atoms with Crippen molar-refractivity contribution in [1.29, 1.82) is 0 Å². The highest BCUT2D eigenvalue weighted by molar-refractivity contribution is 9.10. The topological polar surface area (TPSA) is 72.0 Å². The van der Waals surface area contributed by atoms with Crippen LogP contribution in [0.15, 0.2) is 32.9 Å². The lowest BCUT2D eigenvalue weighted by Gasteiger charge is -2.06. The van der Waals surface area contributed by atoms with E-state index in [9.17, 15) is 17.2 Å². The number of hydrogen-bond donors (Lipinski definition) is 1. The van der Waals surface area contributed by atoms with Gasteiger partial charge in [0, 0.05) is 0 Å². The lowest BCUT2D eigenvalue weighted by molar-refractivity contribution is 0.552. The van der Waals surface area contributed by atoms with E-state index in [0.717, 1.165) is 17.4 Å². The van der Waals surface area contributed by atoms with E-state index in [-0.39, 0.29) is 9.60 Å². The largest absolute Gasteiger partial charge is 0.266 e. The summed E-state index contributed by atoms with van der Waals surface area (Å²) in [6.07, 6.45) is 0. The zero-order chi connectivity index (χ0) is 17.5. The predicted molar refractivity (Wildman–Crippen MR) is 93.1 cm³/mol. The van der Waals surface area contributed by atoms with Gasteiger partial charge in [-0.3, -0.25) is 4.72 Å². The number of sulfonamides is 1. The van der Waals surface area contributed by atoms with Crippen LogP contribution in [0.5, 0.6) is 0 Å². The van der Waals surface area contributed by atoms with Crippen molar-refractivity contribution < 1.29 is 17.2 Å². The molecule has 126 valence electrons. The van der Waals surface area contributed by atoms with Gasteiger partial charge in [-0.2, -0.15) is 0 Å². The number of hydrogen-bond acceptors (Lipinski definition) is 6. The number of halogens is 4. The number of benzene rings is 1. The van der Waals surface area contributed by atoms with Gasteiger partial charge in [0.1, 0.15) is 16.5 Å². The van der Waals surface area contributed by atoms with Crippen LogP contribution in [0.25, 0.3) is 9.88 Å². The molecule has 0 saturated carbocycles. The molecule has 1 aromatic carbocycles. The molecule has 2 aromatic heterocycles. The van der Waals surface area contributed by atoms with Crippen LogP contribution in [0.4, 0.5) is 13.9 Å². The highest BCUT2D eigenvalue weighted by Gasteiger charge is 2.23. The first kappa shape index (κ1) is 17.7. The Balaban J connectivity index is 1.92. The van der Waals surface area contributed by atoms with Gasteiger partial charge in [-0.25, -0.2) is 17.2 Å². The molecule has 0 saturated heterocycles. The highest BCUT2D eigenvalue weighted by Crippen LogP contribution is 2.36. The van der Waals surface area contributed by atoms with E-state index in [1.54, 1.807) is 11.4 Å². The van der Waals surface area contributed by atoms with Gasteiger partial charge >= 0.3 is 0 Å². The molecule has 12 heteroatoms. The summed E-state index contributed by atoms with van der Waals surface area (Å²) in [7, 11) is -4.36. The number of aromatic nitrogens is 2. The second-order valence-electron chi connectivity index (χ2n) is 4.31. The maximum Gasteiger partial charge on any atom is 0.266 e. The van der Waals surface area contributed by atoms with E-state index in [4.69, 9.17) is 11.6 Å². The van der Waals surface area contributed by atoms with Crippen LogP contribution in [-0.4, -0.2) is 18.6 Å². The standard InChI is InChI=1S/C12H5BrClF2N3O2S3/c13-5-3-8(16)9(4-7(5)15)24(20,21)19-12-18-17-11(23-12)10-6(14)1-2-22-10/h1-4H,(H,18,19). The minimum Gasteiger partial charge on any atom is -0.253 e. The normalized spacial score (nSPS) is 11.7. The highest BCUT2D eigenvalue weighted by atomic mass is 79.9. The third-order valence-corrected chi connectivity index (χ3v) is 7.15. The molecular formula is C12H5BrClF2N3O2S3. The molecule has 0 fully saturated rings. The van der Waals surface area contributed by atoms with Gasteiger partial charge in [-0.05, 0) is 39.5 Å². The Morgan fingerprint density at radius 3 is 2.62 bits per heavy atom. The third-order valence-electron chi connectivity index (χ3n) is 2.72. The van der Waals surface area contributed by atoms with Crippen LogP contribution in [0.2, 0.25) is 5.02 Å². The molecule has 0 bridgehead atoms. The van der Waals surface area contributed by atoms with Crippen molar-refractivity contribution in [3.63, 3.8) is 0 Å². The van der Waals surface area contributed by atoms with E-state index < -0.39 is 26.6 Å². The molecule has 0 unspecified atom stereocenters. The molecule has 0 spiro atoms. The SMILES string of the molecule is O=S(=O)(Nc1nnc(-c2sccc2Cl)s1)c1cc(F)c(Br)cc1F. The van der Waals surface area contributed by atoms with Crippen molar-refractivity contribution in [2.24, 2.45) is 0 Å². The summed E-state index contributed by atoms with van der Waals surface area (Å²) in [6.45, 7) is 0. The zero-order valence-corrected chi connectivity index (χ0v) is 16.0. The second-order valence-corrected chi connectivity index (χ2v) is 9.12. The Labute approximate surface area is 156 Å². The van der Waals surface area contributed by atoms with E-state index >= 15 is 0 Å². The first-order valence-corrected chi connectivity index (χ1v) is 10.4. The van der Waals surface area contributed by atoms with Gasteiger partial charge in [0.05, 0.1) is 14.4 Å². The van der Waals surface area contributed by atoms with Crippen molar-refractivity contribution in [2.75, 3.05) is 4.72 Å². The van der Waals surface area contributed by atoms with Crippen LogP contribution in [0.1, 0.15) is 0 Å². The Hall–Kier alpha value is -1.14. The Morgan fingerprint density at radius 1 is 1.21 bits per heavy atom. The number of nitrogens with zero attached hydrogens (tertiary/aromatic N) is 2. The predicted octanol–water partition coefficient (Wildman–Crippen LogP) is 4.76. The maximum absolute atomic E-state index is 13.8. The van der Waals surface area contributed by atoms with Crippen molar-refractivity contribution in [3.05, 3.63) is 44.7 Å². The van der Waals surface area contributed by atoms with Gasteiger partial charge < -0.3 is 0 Å². The van der Waals surface area contributed by atoms with Crippen LogP contribution in [-0.2, 0) is 10.0 Å². The summed E-state index contributed by atoms with van der Waals surface area (Å²) in [5.41, 5.74) is 0. The summed E-state index contributed by atoms with van der Waals surface area (Å²) in [6, 6.07) is 2.99. The van der Waals surface area contributed by atoms with Gasteiger partial charge in [-0.1, -0.05) is 22.9 Å². The van der Waals surface area contributed by atoms with Gasteiger partial charge in [0.15, 0.2) is 5.01 Å². The molecule has 0 aliphatic heterocycles. The average molecular weight is 473 g/mol. The molecule has 0 amide bonds. The second kappa shape index (κ2) is 6.64. The Bertz CT molecular complexity index is 1020. The molecule has 5 nitrogen and oxygen atoms in total. The Kier molecular flexibility index (Phi) is 4.89. The van der Waals surface area contributed by atoms with Crippen LogP contribution in [0, 0.1) is 11.6 Å². The average Bonchev–Trinajstić information content (AvgIpc) is 3.11. The van der Waals surface area contributed by atoms with Crippen LogP contribution in [0.3, 0.4) is 0 Å².